The number of alkyl halides is 3. The number of rotatable bonds is 5. The minimum Gasteiger partial charge on any atom is -0.459 e. The van der Waals surface area contributed by atoms with E-state index in [1.54, 1.807) is 0 Å². The van der Waals surface area contributed by atoms with Gasteiger partial charge in [0.15, 0.2) is 0 Å². The van der Waals surface area contributed by atoms with Crippen LogP contribution in [0.2, 0.25) is 0 Å². The van der Waals surface area contributed by atoms with Crippen molar-refractivity contribution < 1.29 is 22.7 Å². The molecule has 2 nitrogen and oxygen atoms in total. The summed E-state index contributed by atoms with van der Waals surface area (Å²) in [7, 11) is 0. The van der Waals surface area contributed by atoms with E-state index in [2.05, 4.69) is 6.58 Å². The van der Waals surface area contributed by atoms with Crippen LogP contribution in [0.25, 0.3) is 0 Å². The monoisotopic (exact) mass is 306 g/mol. The number of hydrogen-bond donors (Lipinski definition) is 0. The van der Waals surface area contributed by atoms with Gasteiger partial charge < -0.3 is 4.74 Å². The third kappa shape index (κ3) is 5.04. The zero-order valence-corrected chi connectivity index (χ0v) is 13.1. The molecule has 1 saturated carbocycles. The SMILES string of the molecule is C=C(C)C(=O)OC(CC(C)(C)C(F)(F)F)C1CCCCC1. The molecule has 0 bridgehead atoms. The van der Waals surface area contributed by atoms with Gasteiger partial charge in [-0.1, -0.05) is 39.7 Å². The first-order chi connectivity index (χ1) is 9.54. The van der Waals surface area contributed by atoms with Gasteiger partial charge in [-0.25, -0.2) is 4.79 Å². The molecule has 21 heavy (non-hydrogen) atoms. The average molecular weight is 306 g/mol. The van der Waals surface area contributed by atoms with Crippen LogP contribution >= 0.6 is 0 Å². The Kier molecular flexibility index (Phi) is 5.88. The summed E-state index contributed by atoms with van der Waals surface area (Å²) in [4.78, 5) is 11.7. The van der Waals surface area contributed by atoms with Crippen LogP contribution in [0.1, 0.15) is 59.3 Å². The van der Waals surface area contributed by atoms with Crippen molar-refractivity contribution in [2.45, 2.75) is 71.6 Å². The standard InChI is InChI=1S/C16H25F3O2/c1-11(2)14(20)21-13(12-8-6-5-7-9-12)10-15(3,4)16(17,18)19/h12-13H,1,5-10H2,2-4H3. The van der Waals surface area contributed by atoms with Gasteiger partial charge in [-0.3, -0.25) is 0 Å². The molecule has 1 unspecified atom stereocenters. The third-order valence-corrected chi connectivity index (χ3v) is 4.26. The molecule has 0 radical (unpaired) electrons. The maximum atomic E-state index is 13.1. The Balaban J connectivity index is 2.85. The van der Waals surface area contributed by atoms with Crippen molar-refractivity contribution in [1.29, 1.82) is 0 Å². The van der Waals surface area contributed by atoms with Gasteiger partial charge in [0, 0.05) is 5.57 Å². The molecule has 1 aliphatic carbocycles. The van der Waals surface area contributed by atoms with E-state index in [1.807, 2.05) is 0 Å². The Morgan fingerprint density at radius 3 is 2.19 bits per heavy atom. The molecule has 5 heteroatoms. The number of carbonyl (C=O) groups is 1. The lowest BCUT2D eigenvalue weighted by atomic mass is 9.77. The van der Waals surface area contributed by atoms with Gasteiger partial charge >= 0.3 is 12.1 Å². The van der Waals surface area contributed by atoms with E-state index >= 15 is 0 Å². The lowest BCUT2D eigenvalue weighted by molar-refractivity contribution is -0.224. The van der Waals surface area contributed by atoms with Gasteiger partial charge in [0.05, 0.1) is 5.41 Å². The lowest BCUT2D eigenvalue weighted by Crippen LogP contribution is -2.40. The van der Waals surface area contributed by atoms with Crippen molar-refractivity contribution in [2.24, 2.45) is 11.3 Å². The zero-order chi connectivity index (χ0) is 16.3. The van der Waals surface area contributed by atoms with E-state index in [1.165, 1.54) is 6.92 Å². The van der Waals surface area contributed by atoms with E-state index in [-0.39, 0.29) is 17.9 Å². The van der Waals surface area contributed by atoms with E-state index in [0.29, 0.717) is 0 Å². The van der Waals surface area contributed by atoms with Crippen LogP contribution in [0, 0.1) is 11.3 Å². The fraction of sp³-hybridized carbons (Fsp3) is 0.812. The van der Waals surface area contributed by atoms with Gasteiger partial charge in [-0.15, -0.1) is 0 Å². The Hall–Kier alpha value is -1.00. The van der Waals surface area contributed by atoms with Crippen LogP contribution < -0.4 is 0 Å². The van der Waals surface area contributed by atoms with Crippen molar-refractivity contribution >= 4 is 5.97 Å². The predicted molar refractivity (Wildman–Crippen MR) is 75.7 cm³/mol. The maximum Gasteiger partial charge on any atom is 0.394 e. The Labute approximate surface area is 124 Å². The summed E-state index contributed by atoms with van der Waals surface area (Å²) < 4.78 is 44.6. The number of hydrogen-bond acceptors (Lipinski definition) is 2. The number of ether oxygens (including phenoxy) is 1. The molecule has 122 valence electrons. The van der Waals surface area contributed by atoms with Crippen molar-refractivity contribution in [3.05, 3.63) is 12.2 Å². The van der Waals surface area contributed by atoms with E-state index < -0.39 is 23.7 Å². The van der Waals surface area contributed by atoms with E-state index in [4.69, 9.17) is 4.74 Å². The second-order valence-corrected chi connectivity index (χ2v) is 6.71. The summed E-state index contributed by atoms with van der Waals surface area (Å²) in [5, 5.41) is 0. The molecular weight excluding hydrogens is 281 g/mol. The number of carbonyl (C=O) groups excluding carboxylic acids is 1. The highest BCUT2D eigenvalue weighted by Gasteiger charge is 2.49. The number of esters is 1. The van der Waals surface area contributed by atoms with Crippen LogP contribution in [0.15, 0.2) is 12.2 Å². The molecule has 0 aromatic rings. The molecule has 1 fully saturated rings. The molecule has 0 heterocycles. The summed E-state index contributed by atoms with van der Waals surface area (Å²) in [6, 6.07) is 0. The first kappa shape index (κ1) is 18.1. The van der Waals surface area contributed by atoms with Gasteiger partial charge in [-0.05, 0) is 32.1 Å². The van der Waals surface area contributed by atoms with Crippen molar-refractivity contribution in [2.75, 3.05) is 0 Å². The molecule has 0 aliphatic heterocycles. The first-order valence-electron chi connectivity index (χ1n) is 7.48. The summed E-state index contributed by atoms with van der Waals surface area (Å²) in [6.45, 7) is 7.34. The van der Waals surface area contributed by atoms with E-state index in [9.17, 15) is 18.0 Å². The van der Waals surface area contributed by atoms with Crippen LogP contribution in [0.5, 0.6) is 0 Å². The summed E-state index contributed by atoms with van der Waals surface area (Å²) in [6.07, 6.45) is -0.484. The summed E-state index contributed by atoms with van der Waals surface area (Å²) >= 11 is 0. The zero-order valence-electron chi connectivity index (χ0n) is 13.1. The molecular formula is C16H25F3O2. The third-order valence-electron chi connectivity index (χ3n) is 4.26. The second-order valence-electron chi connectivity index (χ2n) is 6.71. The molecule has 1 aliphatic rings. The quantitative estimate of drug-likeness (QED) is 0.526. The maximum absolute atomic E-state index is 13.1. The second kappa shape index (κ2) is 6.84. The minimum atomic E-state index is -4.31. The molecule has 0 saturated heterocycles. The first-order valence-corrected chi connectivity index (χ1v) is 7.48. The highest BCUT2D eigenvalue weighted by molar-refractivity contribution is 5.87. The van der Waals surface area contributed by atoms with Crippen molar-refractivity contribution in [3.63, 3.8) is 0 Å². The predicted octanol–water partition coefficient (Wildman–Crippen LogP) is 5.03. The number of halogens is 3. The Morgan fingerprint density at radius 1 is 1.24 bits per heavy atom. The smallest absolute Gasteiger partial charge is 0.394 e. The minimum absolute atomic E-state index is 0.0173. The topological polar surface area (TPSA) is 26.3 Å². The molecule has 0 amide bonds. The fourth-order valence-electron chi connectivity index (χ4n) is 2.67. The highest BCUT2D eigenvalue weighted by Crippen LogP contribution is 2.44. The summed E-state index contributed by atoms with van der Waals surface area (Å²) in [5.74, 6) is -0.577. The van der Waals surface area contributed by atoms with Crippen LogP contribution in [0.3, 0.4) is 0 Å². The average Bonchev–Trinajstić information content (AvgIpc) is 2.37. The Bertz CT molecular complexity index is 379. The lowest BCUT2D eigenvalue weighted by Gasteiger charge is -2.36. The Morgan fingerprint density at radius 2 is 1.76 bits per heavy atom. The summed E-state index contributed by atoms with van der Waals surface area (Å²) in [5.41, 5.74) is -1.65. The van der Waals surface area contributed by atoms with Crippen LogP contribution in [-0.2, 0) is 9.53 Å². The van der Waals surface area contributed by atoms with Crippen LogP contribution in [-0.4, -0.2) is 18.2 Å². The molecule has 0 N–H and O–H groups in total. The molecule has 0 aromatic heterocycles. The van der Waals surface area contributed by atoms with Gasteiger partial charge in [0.2, 0.25) is 0 Å². The van der Waals surface area contributed by atoms with E-state index in [0.717, 1.165) is 46.0 Å². The normalized spacial score (nSPS) is 19.1. The van der Waals surface area contributed by atoms with Crippen LogP contribution in [0.4, 0.5) is 13.2 Å². The highest BCUT2D eigenvalue weighted by atomic mass is 19.4. The van der Waals surface area contributed by atoms with Crippen molar-refractivity contribution in [1.82, 2.24) is 0 Å². The van der Waals surface area contributed by atoms with Crippen molar-refractivity contribution in [3.8, 4) is 0 Å². The molecule has 0 spiro atoms. The van der Waals surface area contributed by atoms with Gasteiger partial charge in [0.1, 0.15) is 6.10 Å². The van der Waals surface area contributed by atoms with Gasteiger partial charge in [-0.2, -0.15) is 13.2 Å². The van der Waals surface area contributed by atoms with Gasteiger partial charge in [0.25, 0.3) is 0 Å². The largest absolute Gasteiger partial charge is 0.459 e. The fourth-order valence-corrected chi connectivity index (χ4v) is 2.67. The molecule has 1 rings (SSSR count). The molecule has 1 atom stereocenters. The molecule has 0 aromatic carbocycles.